The number of carbonyl (C=O) groups excluding carboxylic acids is 1. The van der Waals surface area contributed by atoms with E-state index in [1.165, 1.54) is 11.3 Å². The summed E-state index contributed by atoms with van der Waals surface area (Å²) in [6.07, 6.45) is 0.922. The third-order valence-corrected chi connectivity index (χ3v) is 4.80. The van der Waals surface area contributed by atoms with Gasteiger partial charge >= 0.3 is 0 Å². The van der Waals surface area contributed by atoms with Crippen molar-refractivity contribution in [3.05, 3.63) is 50.0 Å². The molecule has 1 amide bonds. The van der Waals surface area contributed by atoms with Gasteiger partial charge in [0, 0.05) is 29.3 Å². The van der Waals surface area contributed by atoms with Crippen LogP contribution >= 0.6 is 11.3 Å². The molecule has 0 radical (unpaired) electrons. The number of non-ortho nitro benzene ring substituents is 1. The van der Waals surface area contributed by atoms with Gasteiger partial charge in [0.15, 0.2) is 9.84 Å². The van der Waals surface area contributed by atoms with Crippen LogP contribution in [0.15, 0.2) is 28.5 Å². The van der Waals surface area contributed by atoms with Crippen molar-refractivity contribution in [2.75, 3.05) is 6.26 Å². The van der Waals surface area contributed by atoms with Crippen LogP contribution in [0.25, 0.3) is 0 Å². The number of carbonyl (C=O) groups is 1. The van der Waals surface area contributed by atoms with E-state index in [9.17, 15) is 23.3 Å². The Morgan fingerprint density at radius 2 is 2.09 bits per heavy atom. The number of nitrogens with one attached hydrogen (secondary N) is 1. The highest BCUT2D eigenvalue weighted by atomic mass is 32.2. The van der Waals surface area contributed by atoms with Crippen LogP contribution in [0.5, 0.6) is 0 Å². The van der Waals surface area contributed by atoms with Crippen LogP contribution in [0.3, 0.4) is 0 Å². The summed E-state index contributed by atoms with van der Waals surface area (Å²) in [5.41, 5.74) is 0.115. The number of nitro groups is 1. The van der Waals surface area contributed by atoms with Crippen LogP contribution in [0, 0.1) is 17.0 Å². The number of aryl methyl sites for hydroxylation is 1. The number of hydrogen-bond donors (Lipinski definition) is 1. The molecule has 0 saturated heterocycles. The standard InChI is InChI=1S/C13H13N3O5S2/c1-8-15-10(7-22-8)6-14-13(17)9-3-11(16(18)19)5-12(4-9)23(2,20)21/h3-5,7H,6H2,1-2H3,(H,14,17). The van der Waals surface area contributed by atoms with Gasteiger partial charge in [0.1, 0.15) is 0 Å². The van der Waals surface area contributed by atoms with Gasteiger partial charge in [-0.05, 0) is 13.0 Å². The van der Waals surface area contributed by atoms with Crippen molar-refractivity contribution in [1.29, 1.82) is 0 Å². The highest BCUT2D eigenvalue weighted by Gasteiger charge is 2.19. The number of sulfone groups is 1. The zero-order valence-corrected chi connectivity index (χ0v) is 13.9. The Balaban J connectivity index is 2.28. The summed E-state index contributed by atoms with van der Waals surface area (Å²) in [4.78, 5) is 26.2. The van der Waals surface area contributed by atoms with Gasteiger partial charge in [0.25, 0.3) is 11.6 Å². The highest BCUT2D eigenvalue weighted by molar-refractivity contribution is 7.90. The number of rotatable bonds is 5. The molecular weight excluding hydrogens is 342 g/mol. The van der Waals surface area contributed by atoms with Crippen molar-refractivity contribution in [3.8, 4) is 0 Å². The quantitative estimate of drug-likeness (QED) is 0.644. The SMILES string of the molecule is Cc1nc(CNC(=O)c2cc([N+](=O)[O-])cc(S(C)(=O)=O)c2)cs1. The average Bonchev–Trinajstić information content (AvgIpc) is 2.89. The summed E-state index contributed by atoms with van der Waals surface area (Å²) in [5, 5.41) is 16.1. The molecule has 0 aliphatic heterocycles. The molecule has 1 N–H and O–H groups in total. The first-order valence-corrected chi connectivity index (χ1v) is 9.12. The van der Waals surface area contributed by atoms with Crippen LogP contribution in [0.4, 0.5) is 5.69 Å². The van der Waals surface area contributed by atoms with Crippen molar-refractivity contribution in [3.63, 3.8) is 0 Å². The van der Waals surface area contributed by atoms with Crippen molar-refractivity contribution < 1.29 is 18.1 Å². The van der Waals surface area contributed by atoms with Crippen LogP contribution in [0.2, 0.25) is 0 Å². The maximum atomic E-state index is 12.1. The molecule has 0 atom stereocenters. The first kappa shape index (κ1) is 17.0. The van der Waals surface area contributed by atoms with Crippen molar-refractivity contribution in [1.82, 2.24) is 10.3 Å². The van der Waals surface area contributed by atoms with E-state index in [-0.39, 0.29) is 17.0 Å². The molecule has 0 bridgehead atoms. The van der Waals surface area contributed by atoms with Crippen LogP contribution in [0.1, 0.15) is 21.1 Å². The Kier molecular flexibility index (Phi) is 4.76. The molecule has 1 aromatic heterocycles. The molecular formula is C13H13N3O5S2. The van der Waals surface area contributed by atoms with Gasteiger partial charge in [-0.2, -0.15) is 0 Å². The van der Waals surface area contributed by atoms with Crippen LogP contribution in [-0.4, -0.2) is 30.5 Å². The summed E-state index contributed by atoms with van der Waals surface area (Å²) in [7, 11) is -3.67. The Bertz CT molecular complexity index is 873. The summed E-state index contributed by atoms with van der Waals surface area (Å²) < 4.78 is 23.2. The number of thiazole rings is 1. The molecule has 10 heteroatoms. The molecule has 0 aliphatic carbocycles. The number of nitro benzene ring substituents is 1. The lowest BCUT2D eigenvalue weighted by atomic mass is 10.2. The fourth-order valence-electron chi connectivity index (χ4n) is 1.80. The third-order valence-electron chi connectivity index (χ3n) is 2.89. The largest absolute Gasteiger partial charge is 0.346 e. The second-order valence-electron chi connectivity index (χ2n) is 4.79. The van der Waals surface area contributed by atoms with E-state index in [0.29, 0.717) is 5.69 Å². The Morgan fingerprint density at radius 1 is 1.39 bits per heavy atom. The number of hydrogen-bond acceptors (Lipinski definition) is 7. The van der Waals surface area contributed by atoms with Gasteiger partial charge in [-0.3, -0.25) is 14.9 Å². The van der Waals surface area contributed by atoms with Crippen molar-refractivity contribution >= 4 is 32.8 Å². The predicted octanol–water partition coefficient (Wildman–Crippen LogP) is 1.69. The molecule has 0 unspecified atom stereocenters. The van der Waals surface area contributed by atoms with Crippen molar-refractivity contribution in [2.24, 2.45) is 0 Å². The number of aromatic nitrogens is 1. The molecule has 8 nitrogen and oxygen atoms in total. The molecule has 23 heavy (non-hydrogen) atoms. The molecule has 1 aromatic carbocycles. The maximum absolute atomic E-state index is 12.1. The normalized spacial score (nSPS) is 11.2. The lowest BCUT2D eigenvalue weighted by Crippen LogP contribution is -2.23. The maximum Gasteiger partial charge on any atom is 0.271 e. The smallest absolute Gasteiger partial charge is 0.271 e. The molecule has 122 valence electrons. The first-order chi connectivity index (χ1) is 10.7. The summed E-state index contributed by atoms with van der Waals surface area (Å²) in [6, 6.07) is 3.08. The van der Waals surface area contributed by atoms with Gasteiger partial charge in [0.2, 0.25) is 0 Å². The van der Waals surface area contributed by atoms with Gasteiger partial charge in [0.05, 0.1) is 27.1 Å². The molecule has 0 saturated carbocycles. The molecule has 0 aliphatic rings. The third kappa shape index (κ3) is 4.33. The van der Waals surface area contributed by atoms with E-state index in [2.05, 4.69) is 10.3 Å². The number of benzene rings is 1. The Labute approximate surface area is 136 Å². The zero-order valence-electron chi connectivity index (χ0n) is 12.3. The molecule has 0 fully saturated rings. The topological polar surface area (TPSA) is 119 Å². The molecule has 2 rings (SSSR count). The Hall–Kier alpha value is -2.33. The molecule has 1 heterocycles. The van der Waals surface area contributed by atoms with Crippen molar-refractivity contribution in [2.45, 2.75) is 18.4 Å². The second kappa shape index (κ2) is 6.42. The molecule has 0 spiro atoms. The van der Waals surface area contributed by atoms with Gasteiger partial charge in [-0.15, -0.1) is 11.3 Å². The molecule has 2 aromatic rings. The zero-order chi connectivity index (χ0) is 17.2. The summed E-state index contributed by atoms with van der Waals surface area (Å²) >= 11 is 1.43. The lowest BCUT2D eigenvalue weighted by molar-refractivity contribution is -0.385. The van der Waals surface area contributed by atoms with Gasteiger partial charge in [-0.1, -0.05) is 0 Å². The van der Waals surface area contributed by atoms with E-state index >= 15 is 0 Å². The van der Waals surface area contributed by atoms with Crippen LogP contribution in [-0.2, 0) is 16.4 Å². The second-order valence-corrected chi connectivity index (χ2v) is 7.86. The fourth-order valence-corrected chi connectivity index (χ4v) is 3.08. The lowest BCUT2D eigenvalue weighted by Gasteiger charge is -2.06. The Morgan fingerprint density at radius 3 is 2.61 bits per heavy atom. The predicted molar refractivity (Wildman–Crippen MR) is 84.2 cm³/mol. The van der Waals surface area contributed by atoms with E-state index in [0.717, 1.165) is 29.5 Å². The van der Waals surface area contributed by atoms with Crippen LogP contribution < -0.4 is 5.32 Å². The number of amides is 1. The van der Waals surface area contributed by atoms with E-state index in [1.54, 1.807) is 5.38 Å². The first-order valence-electron chi connectivity index (χ1n) is 6.35. The van der Waals surface area contributed by atoms with E-state index in [1.807, 2.05) is 6.92 Å². The minimum absolute atomic E-state index is 0.0911. The fraction of sp³-hybridized carbons (Fsp3) is 0.231. The monoisotopic (exact) mass is 355 g/mol. The van der Waals surface area contributed by atoms with Gasteiger partial charge < -0.3 is 5.32 Å². The minimum atomic E-state index is -3.67. The number of nitrogens with zero attached hydrogens (tertiary/aromatic N) is 2. The highest BCUT2D eigenvalue weighted by Crippen LogP contribution is 2.21. The van der Waals surface area contributed by atoms with E-state index < -0.39 is 26.4 Å². The minimum Gasteiger partial charge on any atom is -0.346 e. The average molecular weight is 355 g/mol. The summed E-state index contributed by atoms with van der Waals surface area (Å²) in [5.74, 6) is -0.607. The van der Waals surface area contributed by atoms with Gasteiger partial charge in [-0.25, -0.2) is 13.4 Å². The summed E-state index contributed by atoms with van der Waals surface area (Å²) in [6.45, 7) is 1.98. The van der Waals surface area contributed by atoms with E-state index in [4.69, 9.17) is 0 Å².